The van der Waals surface area contributed by atoms with Crippen LogP contribution in [0.2, 0.25) is 0 Å². The third-order valence-electron chi connectivity index (χ3n) is 3.05. The quantitative estimate of drug-likeness (QED) is 0.766. The number of carboxylic acids is 1. The zero-order chi connectivity index (χ0) is 15.0. The molecular formula is C15H21NO4. The highest BCUT2D eigenvalue weighted by molar-refractivity contribution is 5.90. The molecule has 20 heavy (non-hydrogen) atoms. The number of carbonyl (C=O) groups excluding carboxylic acids is 1. The van der Waals surface area contributed by atoms with Gasteiger partial charge in [-0.05, 0) is 37.5 Å². The number of amides is 1. The predicted molar refractivity (Wildman–Crippen MR) is 76.7 cm³/mol. The molecule has 1 unspecified atom stereocenters. The highest BCUT2D eigenvalue weighted by Crippen LogP contribution is 2.12. The number of aliphatic carboxylic acids is 1. The fraction of sp³-hybridized carbons (Fsp3) is 0.467. The molecule has 1 atom stereocenters. The summed E-state index contributed by atoms with van der Waals surface area (Å²) in [5.41, 5.74) is 1.66. The number of carbonyl (C=O) groups is 2. The number of hydrogen-bond acceptors (Lipinski definition) is 3. The van der Waals surface area contributed by atoms with E-state index < -0.39 is 5.97 Å². The minimum atomic E-state index is -0.811. The summed E-state index contributed by atoms with van der Waals surface area (Å²) in [6.07, 6.45) is 1.77. The minimum Gasteiger partial charge on any atom is -0.481 e. The van der Waals surface area contributed by atoms with Crippen LogP contribution in [0.4, 0.5) is 5.69 Å². The normalized spacial score (nSPS) is 11.9. The van der Waals surface area contributed by atoms with Gasteiger partial charge in [-0.3, -0.25) is 9.59 Å². The van der Waals surface area contributed by atoms with Gasteiger partial charge in [0, 0.05) is 25.6 Å². The topological polar surface area (TPSA) is 75.6 Å². The van der Waals surface area contributed by atoms with Gasteiger partial charge in [0.1, 0.15) is 0 Å². The summed E-state index contributed by atoms with van der Waals surface area (Å²) >= 11 is 0. The third-order valence-corrected chi connectivity index (χ3v) is 3.05. The van der Waals surface area contributed by atoms with Gasteiger partial charge in [-0.25, -0.2) is 0 Å². The summed E-state index contributed by atoms with van der Waals surface area (Å²) in [6, 6.07) is 7.23. The highest BCUT2D eigenvalue weighted by atomic mass is 16.5. The lowest BCUT2D eigenvalue weighted by molar-refractivity contribution is -0.137. The van der Waals surface area contributed by atoms with Gasteiger partial charge in [0.05, 0.1) is 6.10 Å². The molecular weight excluding hydrogens is 258 g/mol. The van der Waals surface area contributed by atoms with Gasteiger partial charge < -0.3 is 15.2 Å². The molecule has 0 spiro atoms. The molecule has 0 fully saturated rings. The van der Waals surface area contributed by atoms with E-state index in [4.69, 9.17) is 9.84 Å². The second kappa shape index (κ2) is 8.32. The maximum absolute atomic E-state index is 11.7. The fourth-order valence-corrected chi connectivity index (χ4v) is 1.68. The number of carboxylic acid groups (broad SMARTS) is 1. The number of rotatable bonds is 8. The van der Waals surface area contributed by atoms with Crippen molar-refractivity contribution in [3.05, 3.63) is 29.8 Å². The number of aryl methyl sites for hydroxylation is 1. The van der Waals surface area contributed by atoms with Crippen molar-refractivity contribution in [3.8, 4) is 0 Å². The maximum atomic E-state index is 11.7. The van der Waals surface area contributed by atoms with Crippen molar-refractivity contribution in [2.45, 2.75) is 38.7 Å². The van der Waals surface area contributed by atoms with Gasteiger partial charge in [-0.15, -0.1) is 0 Å². The number of methoxy groups -OCH3 is 1. The van der Waals surface area contributed by atoms with E-state index in [0.29, 0.717) is 19.3 Å². The molecule has 0 bridgehead atoms. The summed E-state index contributed by atoms with van der Waals surface area (Å²) in [5, 5.41) is 11.4. The first-order valence-electron chi connectivity index (χ1n) is 6.64. The van der Waals surface area contributed by atoms with Crippen LogP contribution in [-0.4, -0.2) is 30.2 Å². The summed E-state index contributed by atoms with van der Waals surface area (Å²) in [4.78, 5) is 22.2. The van der Waals surface area contributed by atoms with Crippen molar-refractivity contribution in [3.63, 3.8) is 0 Å². The monoisotopic (exact) mass is 279 g/mol. The average molecular weight is 279 g/mol. The van der Waals surface area contributed by atoms with E-state index >= 15 is 0 Å². The van der Waals surface area contributed by atoms with Crippen molar-refractivity contribution >= 4 is 17.6 Å². The van der Waals surface area contributed by atoms with Crippen LogP contribution in [0.3, 0.4) is 0 Å². The van der Waals surface area contributed by atoms with Crippen LogP contribution in [0.5, 0.6) is 0 Å². The number of nitrogens with one attached hydrogen (secondary N) is 1. The first-order chi connectivity index (χ1) is 9.51. The molecule has 0 saturated carbocycles. The average Bonchev–Trinajstić information content (AvgIpc) is 2.44. The summed E-state index contributed by atoms with van der Waals surface area (Å²) in [5.74, 6) is -0.859. The van der Waals surface area contributed by atoms with E-state index in [0.717, 1.165) is 11.3 Å². The van der Waals surface area contributed by atoms with E-state index in [-0.39, 0.29) is 18.4 Å². The molecule has 0 heterocycles. The molecule has 0 aliphatic heterocycles. The largest absolute Gasteiger partial charge is 0.481 e. The zero-order valence-corrected chi connectivity index (χ0v) is 11.9. The van der Waals surface area contributed by atoms with Gasteiger partial charge >= 0.3 is 5.97 Å². The number of benzene rings is 1. The first-order valence-corrected chi connectivity index (χ1v) is 6.64. The molecule has 5 heteroatoms. The molecule has 0 aromatic heterocycles. The molecule has 0 saturated heterocycles. The number of ether oxygens (including phenoxy) is 1. The van der Waals surface area contributed by atoms with Crippen LogP contribution >= 0.6 is 0 Å². The van der Waals surface area contributed by atoms with E-state index in [1.807, 2.05) is 19.1 Å². The Labute approximate surface area is 118 Å². The zero-order valence-electron chi connectivity index (χ0n) is 11.9. The maximum Gasteiger partial charge on any atom is 0.303 e. The van der Waals surface area contributed by atoms with Crippen molar-refractivity contribution < 1.29 is 19.4 Å². The molecule has 0 aliphatic rings. The number of hydrogen-bond donors (Lipinski definition) is 2. The standard InChI is InChI=1S/C15H21NO4/c1-11(20-2)3-9-14(17)16-13-7-4-12(5-8-13)6-10-15(18)19/h4-5,7-8,11H,3,6,9-10H2,1-2H3,(H,16,17)(H,18,19). The molecule has 2 N–H and O–H groups in total. The van der Waals surface area contributed by atoms with Gasteiger partial charge in [0.2, 0.25) is 5.91 Å². The lowest BCUT2D eigenvalue weighted by atomic mass is 10.1. The van der Waals surface area contributed by atoms with Crippen LogP contribution in [0.25, 0.3) is 0 Å². The second-order valence-corrected chi connectivity index (χ2v) is 4.72. The van der Waals surface area contributed by atoms with Crippen molar-refractivity contribution in [1.82, 2.24) is 0 Å². The second-order valence-electron chi connectivity index (χ2n) is 4.72. The molecule has 1 rings (SSSR count). The lowest BCUT2D eigenvalue weighted by Crippen LogP contribution is -2.15. The van der Waals surface area contributed by atoms with Gasteiger partial charge in [0.15, 0.2) is 0 Å². The third kappa shape index (κ3) is 6.33. The number of anilines is 1. The van der Waals surface area contributed by atoms with Gasteiger partial charge in [-0.2, -0.15) is 0 Å². The van der Waals surface area contributed by atoms with Crippen LogP contribution in [0, 0.1) is 0 Å². The summed E-state index contributed by atoms with van der Waals surface area (Å²) < 4.78 is 5.08. The van der Waals surface area contributed by atoms with E-state index in [2.05, 4.69) is 5.32 Å². The smallest absolute Gasteiger partial charge is 0.303 e. The van der Waals surface area contributed by atoms with Crippen LogP contribution in [0.1, 0.15) is 31.7 Å². The predicted octanol–water partition coefficient (Wildman–Crippen LogP) is 2.46. The molecule has 110 valence electrons. The Hall–Kier alpha value is -1.88. The fourth-order valence-electron chi connectivity index (χ4n) is 1.68. The van der Waals surface area contributed by atoms with E-state index in [1.165, 1.54) is 0 Å². The molecule has 1 aromatic carbocycles. The molecule has 0 aliphatic carbocycles. The Morgan fingerprint density at radius 2 is 1.90 bits per heavy atom. The molecule has 0 radical (unpaired) electrons. The van der Waals surface area contributed by atoms with Crippen molar-refractivity contribution in [2.75, 3.05) is 12.4 Å². The van der Waals surface area contributed by atoms with Crippen LogP contribution < -0.4 is 5.32 Å². The summed E-state index contributed by atoms with van der Waals surface area (Å²) in [7, 11) is 1.62. The Morgan fingerprint density at radius 1 is 1.25 bits per heavy atom. The molecule has 5 nitrogen and oxygen atoms in total. The highest BCUT2D eigenvalue weighted by Gasteiger charge is 2.06. The van der Waals surface area contributed by atoms with Crippen molar-refractivity contribution in [2.24, 2.45) is 0 Å². The van der Waals surface area contributed by atoms with E-state index in [1.54, 1.807) is 19.2 Å². The Morgan fingerprint density at radius 3 is 2.45 bits per heavy atom. The SMILES string of the molecule is COC(C)CCC(=O)Nc1ccc(CCC(=O)O)cc1. The Kier molecular flexibility index (Phi) is 6.73. The first kappa shape index (κ1) is 16.2. The molecule has 1 amide bonds. The van der Waals surface area contributed by atoms with Crippen LogP contribution in [0.15, 0.2) is 24.3 Å². The summed E-state index contributed by atoms with van der Waals surface area (Å²) in [6.45, 7) is 1.92. The van der Waals surface area contributed by atoms with Crippen molar-refractivity contribution in [1.29, 1.82) is 0 Å². The Bertz CT molecular complexity index is 442. The Balaban J connectivity index is 2.40. The van der Waals surface area contributed by atoms with Gasteiger partial charge in [0.25, 0.3) is 0 Å². The van der Waals surface area contributed by atoms with Crippen LogP contribution in [-0.2, 0) is 20.7 Å². The van der Waals surface area contributed by atoms with E-state index in [9.17, 15) is 9.59 Å². The minimum absolute atomic E-state index is 0.0489. The van der Waals surface area contributed by atoms with Gasteiger partial charge in [-0.1, -0.05) is 12.1 Å². The molecule has 1 aromatic rings. The lowest BCUT2D eigenvalue weighted by Gasteiger charge is -2.09.